The summed E-state index contributed by atoms with van der Waals surface area (Å²) >= 11 is 0. The molecule has 0 aromatic heterocycles. The fraction of sp³-hybridized carbons (Fsp3) is 0.846. The summed E-state index contributed by atoms with van der Waals surface area (Å²) in [5.74, 6) is -4.32. The fourth-order valence-corrected chi connectivity index (χ4v) is 2.02. The molecule has 0 bridgehead atoms. The normalized spacial score (nSPS) is 19.3. The first-order chi connectivity index (χ1) is 10.6. The van der Waals surface area contributed by atoms with Crippen molar-refractivity contribution < 1.29 is 44.6 Å². The molecule has 0 saturated carbocycles. The standard InChI is InChI=1S/C13H25NO9/c1-7(14-8(2)17)11(10(19)9(18)6-16)23-13(22-3,4-5-15)12(20)21/h7,9-11,15-16,18-19H,4-6H2,1-3H3,(H,14,17)(H,20,21). The zero-order valence-corrected chi connectivity index (χ0v) is 13.3. The van der Waals surface area contributed by atoms with Gasteiger partial charge in [0.25, 0.3) is 5.79 Å². The van der Waals surface area contributed by atoms with Crippen LogP contribution in [0.4, 0.5) is 0 Å². The quantitative estimate of drug-likeness (QED) is 0.222. The van der Waals surface area contributed by atoms with Gasteiger partial charge in [0, 0.05) is 27.1 Å². The predicted octanol–water partition coefficient (Wildman–Crippen LogP) is -2.58. The van der Waals surface area contributed by atoms with Crippen molar-refractivity contribution in [2.24, 2.45) is 0 Å². The molecule has 0 rings (SSSR count). The van der Waals surface area contributed by atoms with E-state index in [1.807, 2.05) is 0 Å². The van der Waals surface area contributed by atoms with Gasteiger partial charge in [0.15, 0.2) is 0 Å². The second-order valence-corrected chi connectivity index (χ2v) is 5.05. The highest BCUT2D eigenvalue weighted by Crippen LogP contribution is 2.24. The largest absolute Gasteiger partial charge is 0.477 e. The summed E-state index contributed by atoms with van der Waals surface area (Å²) in [5, 5.41) is 49.3. The lowest BCUT2D eigenvalue weighted by Crippen LogP contribution is -2.58. The first kappa shape index (κ1) is 21.7. The Morgan fingerprint density at radius 3 is 2.17 bits per heavy atom. The zero-order valence-electron chi connectivity index (χ0n) is 13.3. The van der Waals surface area contributed by atoms with Crippen LogP contribution in [0.3, 0.4) is 0 Å². The van der Waals surface area contributed by atoms with E-state index in [1.54, 1.807) is 0 Å². The molecule has 0 aromatic rings. The Kier molecular flexibility index (Phi) is 9.20. The molecule has 5 unspecified atom stereocenters. The molecule has 0 radical (unpaired) electrons. The Balaban J connectivity index is 5.55. The van der Waals surface area contributed by atoms with Gasteiger partial charge in [-0.1, -0.05) is 0 Å². The molecule has 0 aromatic carbocycles. The van der Waals surface area contributed by atoms with E-state index in [0.717, 1.165) is 7.11 Å². The predicted molar refractivity (Wildman–Crippen MR) is 76.3 cm³/mol. The number of carboxylic acids is 1. The van der Waals surface area contributed by atoms with E-state index in [-0.39, 0.29) is 0 Å². The number of ether oxygens (including phenoxy) is 2. The molecule has 0 aliphatic carbocycles. The van der Waals surface area contributed by atoms with Gasteiger partial charge in [-0.2, -0.15) is 0 Å². The third kappa shape index (κ3) is 6.01. The van der Waals surface area contributed by atoms with Crippen LogP contribution in [0.5, 0.6) is 0 Å². The topological polar surface area (TPSA) is 166 Å². The minimum absolute atomic E-state index is 0.454. The van der Waals surface area contributed by atoms with Gasteiger partial charge in [-0.25, -0.2) is 4.79 Å². The van der Waals surface area contributed by atoms with Crippen LogP contribution in [0.15, 0.2) is 0 Å². The molecule has 0 fully saturated rings. The SMILES string of the molecule is COC(CCO)(OC(C(C)NC(C)=O)C(O)C(O)CO)C(=O)O. The summed E-state index contributed by atoms with van der Waals surface area (Å²) in [7, 11) is 1.04. The fourth-order valence-electron chi connectivity index (χ4n) is 2.02. The number of carboxylic acid groups (broad SMARTS) is 1. The average molecular weight is 339 g/mol. The molecule has 10 nitrogen and oxygen atoms in total. The van der Waals surface area contributed by atoms with Gasteiger partial charge in [-0.05, 0) is 6.92 Å². The van der Waals surface area contributed by atoms with Crippen LogP contribution in [-0.4, -0.2) is 87.9 Å². The number of carbonyl (C=O) groups excluding carboxylic acids is 1. The van der Waals surface area contributed by atoms with Crippen LogP contribution in [0.1, 0.15) is 20.3 Å². The van der Waals surface area contributed by atoms with Crippen molar-refractivity contribution in [3.05, 3.63) is 0 Å². The van der Waals surface area contributed by atoms with Crippen LogP contribution in [0, 0.1) is 0 Å². The second-order valence-electron chi connectivity index (χ2n) is 5.05. The molecule has 1 amide bonds. The van der Waals surface area contributed by atoms with Crippen molar-refractivity contribution >= 4 is 11.9 Å². The van der Waals surface area contributed by atoms with Crippen molar-refractivity contribution in [1.29, 1.82) is 0 Å². The van der Waals surface area contributed by atoms with E-state index < -0.39 is 61.7 Å². The van der Waals surface area contributed by atoms with Gasteiger partial charge in [0.05, 0.1) is 12.6 Å². The van der Waals surface area contributed by atoms with Crippen LogP contribution in [-0.2, 0) is 19.1 Å². The maximum absolute atomic E-state index is 11.4. The molecule has 5 atom stereocenters. The summed E-state index contributed by atoms with van der Waals surface area (Å²) < 4.78 is 10.2. The number of aliphatic carboxylic acids is 1. The van der Waals surface area contributed by atoms with Gasteiger partial charge >= 0.3 is 5.97 Å². The lowest BCUT2D eigenvalue weighted by Gasteiger charge is -2.37. The van der Waals surface area contributed by atoms with E-state index in [9.17, 15) is 24.9 Å². The second kappa shape index (κ2) is 9.75. The average Bonchev–Trinajstić information content (AvgIpc) is 2.48. The van der Waals surface area contributed by atoms with E-state index >= 15 is 0 Å². The van der Waals surface area contributed by atoms with Gasteiger partial charge in [0.2, 0.25) is 5.91 Å². The summed E-state index contributed by atoms with van der Waals surface area (Å²) in [5.41, 5.74) is 0. The minimum Gasteiger partial charge on any atom is -0.477 e. The highest BCUT2D eigenvalue weighted by Gasteiger charge is 2.46. The molecular weight excluding hydrogens is 314 g/mol. The summed E-state index contributed by atoms with van der Waals surface area (Å²) in [6, 6.07) is -0.920. The molecule has 10 heteroatoms. The number of aliphatic hydroxyl groups excluding tert-OH is 4. The smallest absolute Gasteiger partial charge is 0.364 e. The Bertz CT molecular complexity index is 392. The monoisotopic (exact) mass is 339 g/mol. The molecular formula is C13H25NO9. The van der Waals surface area contributed by atoms with Crippen LogP contribution < -0.4 is 5.32 Å². The summed E-state index contributed by atoms with van der Waals surface area (Å²) in [6.07, 6.45) is -5.23. The van der Waals surface area contributed by atoms with Gasteiger partial charge in [-0.3, -0.25) is 4.79 Å². The minimum atomic E-state index is -2.29. The third-order valence-corrected chi connectivity index (χ3v) is 3.26. The maximum atomic E-state index is 11.4. The molecule has 23 heavy (non-hydrogen) atoms. The van der Waals surface area contributed by atoms with E-state index in [1.165, 1.54) is 13.8 Å². The Labute approximate surface area is 133 Å². The number of carbonyl (C=O) groups is 2. The van der Waals surface area contributed by atoms with Gasteiger partial charge in [0.1, 0.15) is 18.3 Å². The van der Waals surface area contributed by atoms with Gasteiger partial charge in [-0.15, -0.1) is 0 Å². The molecule has 0 spiro atoms. The van der Waals surface area contributed by atoms with Gasteiger partial charge < -0.3 is 40.3 Å². The number of hydrogen-bond acceptors (Lipinski definition) is 8. The van der Waals surface area contributed by atoms with E-state index in [0.29, 0.717) is 0 Å². The van der Waals surface area contributed by atoms with Crippen LogP contribution in [0.25, 0.3) is 0 Å². The van der Waals surface area contributed by atoms with Crippen LogP contribution in [0.2, 0.25) is 0 Å². The summed E-state index contributed by atoms with van der Waals surface area (Å²) in [6.45, 7) is 1.23. The highest BCUT2D eigenvalue weighted by molar-refractivity contribution is 5.75. The van der Waals surface area contributed by atoms with Crippen molar-refractivity contribution in [2.75, 3.05) is 20.3 Å². The van der Waals surface area contributed by atoms with Crippen molar-refractivity contribution in [2.45, 2.75) is 50.4 Å². The van der Waals surface area contributed by atoms with Crippen LogP contribution >= 0.6 is 0 Å². The van der Waals surface area contributed by atoms with Crippen molar-refractivity contribution in [1.82, 2.24) is 5.32 Å². The molecule has 0 aliphatic rings. The first-order valence-corrected chi connectivity index (χ1v) is 6.96. The Morgan fingerprint density at radius 2 is 1.83 bits per heavy atom. The first-order valence-electron chi connectivity index (χ1n) is 6.96. The number of nitrogens with one attached hydrogen (secondary N) is 1. The summed E-state index contributed by atoms with van der Waals surface area (Å²) in [4.78, 5) is 22.6. The molecule has 0 heterocycles. The highest BCUT2D eigenvalue weighted by atomic mass is 16.7. The lowest BCUT2D eigenvalue weighted by molar-refractivity contribution is -0.274. The number of methoxy groups -OCH3 is 1. The zero-order chi connectivity index (χ0) is 18.2. The van der Waals surface area contributed by atoms with Crippen molar-refractivity contribution in [3.8, 4) is 0 Å². The molecule has 6 N–H and O–H groups in total. The van der Waals surface area contributed by atoms with E-state index in [4.69, 9.17) is 19.7 Å². The molecule has 0 aliphatic heterocycles. The Morgan fingerprint density at radius 1 is 1.26 bits per heavy atom. The lowest BCUT2D eigenvalue weighted by atomic mass is 10.0. The molecule has 0 saturated heterocycles. The molecule has 136 valence electrons. The number of aliphatic hydroxyl groups is 4. The number of hydrogen-bond donors (Lipinski definition) is 6. The maximum Gasteiger partial charge on any atom is 0.364 e. The third-order valence-electron chi connectivity index (χ3n) is 3.26. The number of rotatable bonds is 11. The Hall–Kier alpha value is -1.30. The van der Waals surface area contributed by atoms with E-state index in [2.05, 4.69) is 5.32 Å². The number of amides is 1. The van der Waals surface area contributed by atoms with Crippen molar-refractivity contribution in [3.63, 3.8) is 0 Å².